The first-order valence-corrected chi connectivity index (χ1v) is 4.61. The van der Waals surface area contributed by atoms with Crippen molar-refractivity contribution < 1.29 is 4.39 Å². The fourth-order valence-corrected chi connectivity index (χ4v) is 1.40. The predicted molar refractivity (Wildman–Crippen MR) is 56.5 cm³/mol. The highest BCUT2D eigenvalue weighted by molar-refractivity contribution is 5.95. The third kappa shape index (κ3) is 2.22. The van der Waals surface area contributed by atoms with Gasteiger partial charge in [0, 0.05) is 5.56 Å². The normalized spacial score (nSPS) is 10.3. The molecule has 82 valence electrons. The highest BCUT2D eigenvalue weighted by Gasteiger charge is 2.04. The first-order valence-electron chi connectivity index (χ1n) is 4.61. The second kappa shape index (κ2) is 4.09. The molecule has 2 rings (SSSR count). The Morgan fingerprint density at radius 1 is 1.44 bits per heavy atom. The van der Waals surface area contributed by atoms with E-state index in [1.54, 1.807) is 17.1 Å². The first kappa shape index (κ1) is 10.3. The number of halogens is 1. The molecule has 0 radical (unpaired) electrons. The third-order valence-electron chi connectivity index (χ3n) is 2.08. The number of hydrogen-bond donors (Lipinski definition) is 2. The fourth-order valence-electron chi connectivity index (χ4n) is 1.40. The van der Waals surface area contributed by atoms with Crippen molar-refractivity contribution >= 4 is 5.84 Å². The number of nitrogen functional groups attached to an aromatic ring is 1. The van der Waals surface area contributed by atoms with Crippen molar-refractivity contribution in [2.24, 2.45) is 5.73 Å². The van der Waals surface area contributed by atoms with E-state index in [0.717, 1.165) is 0 Å². The van der Waals surface area contributed by atoms with E-state index >= 15 is 0 Å². The molecule has 5 nitrogen and oxygen atoms in total. The highest BCUT2D eigenvalue weighted by atomic mass is 19.1. The average molecular weight is 219 g/mol. The van der Waals surface area contributed by atoms with E-state index in [9.17, 15) is 4.39 Å². The lowest BCUT2D eigenvalue weighted by Crippen LogP contribution is -2.12. The largest absolute Gasteiger partial charge is 0.384 e. The molecule has 1 heterocycles. The highest BCUT2D eigenvalue weighted by Crippen LogP contribution is 2.09. The minimum atomic E-state index is -0.414. The Morgan fingerprint density at radius 3 is 2.88 bits per heavy atom. The van der Waals surface area contributed by atoms with Gasteiger partial charge in [-0.2, -0.15) is 5.10 Å². The summed E-state index contributed by atoms with van der Waals surface area (Å²) >= 11 is 0. The number of rotatable bonds is 3. The van der Waals surface area contributed by atoms with E-state index in [4.69, 9.17) is 11.1 Å². The Labute approximate surface area is 91.2 Å². The SMILES string of the molecule is N=C(N)c1cc(F)cc(Cn2cncn2)c1. The molecule has 0 atom stereocenters. The molecule has 0 bridgehead atoms. The summed E-state index contributed by atoms with van der Waals surface area (Å²) in [5.41, 5.74) is 6.37. The van der Waals surface area contributed by atoms with E-state index in [0.29, 0.717) is 17.7 Å². The van der Waals surface area contributed by atoms with Gasteiger partial charge in [0.05, 0.1) is 6.54 Å². The van der Waals surface area contributed by atoms with Gasteiger partial charge in [-0.25, -0.2) is 14.1 Å². The number of aromatic nitrogens is 3. The summed E-state index contributed by atoms with van der Waals surface area (Å²) in [5.74, 6) is -0.567. The van der Waals surface area contributed by atoms with Crippen molar-refractivity contribution in [3.8, 4) is 0 Å². The van der Waals surface area contributed by atoms with Crippen LogP contribution in [0.2, 0.25) is 0 Å². The Morgan fingerprint density at radius 2 is 2.25 bits per heavy atom. The number of nitrogens with two attached hydrogens (primary N) is 1. The Bertz CT molecular complexity index is 506. The molecule has 0 amide bonds. The van der Waals surface area contributed by atoms with Crippen molar-refractivity contribution in [1.29, 1.82) is 5.41 Å². The molecule has 16 heavy (non-hydrogen) atoms. The van der Waals surface area contributed by atoms with Crippen LogP contribution in [-0.4, -0.2) is 20.6 Å². The van der Waals surface area contributed by atoms with Crippen molar-refractivity contribution in [3.05, 3.63) is 47.8 Å². The molecule has 0 spiro atoms. The van der Waals surface area contributed by atoms with Crippen molar-refractivity contribution in [3.63, 3.8) is 0 Å². The van der Waals surface area contributed by atoms with E-state index in [1.807, 2.05) is 0 Å². The maximum atomic E-state index is 13.2. The first-order chi connectivity index (χ1) is 7.65. The Kier molecular flexibility index (Phi) is 2.63. The molecule has 6 heteroatoms. The second-order valence-corrected chi connectivity index (χ2v) is 3.35. The van der Waals surface area contributed by atoms with Crippen LogP contribution >= 0.6 is 0 Å². The van der Waals surface area contributed by atoms with Crippen LogP contribution in [0.4, 0.5) is 4.39 Å². The standard InChI is InChI=1S/C10H10FN5/c11-9-2-7(1-8(3-9)10(12)13)4-16-6-14-5-15-16/h1-3,5-6H,4H2,(H3,12,13). The van der Waals surface area contributed by atoms with E-state index in [1.165, 1.54) is 18.5 Å². The van der Waals surface area contributed by atoms with Crippen molar-refractivity contribution in [1.82, 2.24) is 14.8 Å². The van der Waals surface area contributed by atoms with Crippen LogP contribution in [0.1, 0.15) is 11.1 Å². The van der Waals surface area contributed by atoms with Gasteiger partial charge in [0.15, 0.2) is 0 Å². The zero-order valence-electron chi connectivity index (χ0n) is 8.39. The van der Waals surface area contributed by atoms with Crippen LogP contribution in [0.3, 0.4) is 0 Å². The van der Waals surface area contributed by atoms with Crippen LogP contribution < -0.4 is 5.73 Å². The zero-order chi connectivity index (χ0) is 11.5. The van der Waals surface area contributed by atoms with Crippen LogP contribution in [-0.2, 0) is 6.54 Å². The summed E-state index contributed by atoms with van der Waals surface area (Å²) < 4.78 is 14.8. The molecule has 0 saturated carbocycles. The van der Waals surface area contributed by atoms with Crippen LogP contribution in [0.15, 0.2) is 30.9 Å². The van der Waals surface area contributed by atoms with Crippen molar-refractivity contribution in [2.75, 3.05) is 0 Å². The molecule has 0 aliphatic heterocycles. The van der Waals surface area contributed by atoms with Gasteiger partial charge >= 0.3 is 0 Å². The molecule has 0 aliphatic rings. The quantitative estimate of drug-likeness (QED) is 0.590. The molecular weight excluding hydrogens is 209 g/mol. The number of nitrogens with one attached hydrogen (secondary N) is 1. The van der Waals surface area contributed by atoms with Crippen LogP contribution in [0.25, 0.3) is 0 Å². The molecule has 0 aliphatic carbocycles. The average Bonchev–Trinajstić information content (AvgIpc) is 2.69. The molecule has 3 N–H and O–H groups in total. The summed E-state index contributed by atoms with van der Waals surface area (Å²) in [4.78, 5) is 3.79. The molecule has 1 aromatic carbocycles. The van der Waals surface area contributed by atoms with Crippen LogP contribution in [0.5, 0.6) is 0 Å². The van der Waals surface area contributed by atoms with Gasteiger partial charge in [0.2, 0.25) is 0 Å². The predicted octanol–water partition coefficient (Wildman–Crippen LogP) is 0.750. The maximum absolute atomic E-state index is 13.2. The van der Waals surface area contributed by atoms with E-state index in [2.05, 4.69) is 10.1 Å². The lowest BCUT2D eigenvalue weighted by atomic mass is 10.1. The topological polar surface area (TPSA) is 80.6 Å². The van der Waals surface area contributed by atoms with Gasteiger partial charge in [0.1, 0.15) is 24.3 Å². The lowest BCUT2D eigenvalue weighted by Gasteiger charge is -2.04. The molecule has 1 aromatic heterocycles. The molecule has 0 saturated heterocycles. The molecular formula is C10H10FN5. The molecule has 0 fully saturated rings. The second-order valence-electron chi connectivity index (χ2n) is 3.35. The zero-order valence-corrected chi connectivity index (χ0v) is 8.39. The minimum absolute atomic E-state index is 0.153. The lowest BCUT2D eigenvalue weighted by molar-refractivity contribution is 0.618. The summed E-state index contributed by atoms with van der Waals surface area (Å²) in [5, 5.41) is 11.2. The van der Waals surface area contributed by atoms with E-state index < -0.39 is 5.82 Å². The van der Waals surface area contributed by atoms with Gasteiger partial charge < -0.3 is 5.73 Å². The van der Waals surface area contributed by atoms with Gasteiger partial charge in [-0.1, -0.05) is 0 Å². The summed E-state index contributed by atoms with van der Waals surface area (Å²) in [6.07, 6.45) is 2.95. The van der Waals surface area contributed by atoms with Gasteiger partial charge in [-0.05, 0) is 23.8 Å². The summed E-state index contributed by atoms with van der Waals surface area (Å²) in [6, 6.07) is 4.27. The smallest absolute Gasteiger partial charge is 0.137 e. The van der Waals surface area contributed by atoms with E-state index in [-0.39, 0.29) is 5.84 Å². The number of nitrogens with zero attached hydrogens (tertiary/aromatic N) is 3. The van der Waals surface area contributed by atoms with Gasteiger partial charge in [-0.15, -0.1) is 0 Å². The fraction of sp³-hybridized carbons (Fsp3) is 0.100. The van der Waals surface area contributed by atoms with Crippen LogP contribution in [0, 0.1) is 11.2 Å². The third-order valence-corrected chi connectivity index (χ3v) is 2.08. The number of amidine groups is 1. The number of benzene rings is 1. The monoisotopic (exact) mass is 219 g/mol. The van der Waals surface area contributed by atoms with Gasteiger partial charge in [-0.3, -0.25) is 5.41 Å². The number of hydrogen-bond acceptors (Lipinski definition) is 3. The maximum Gasteiger partial charge on any atom is 0.137 e. The Hall–Kier alpha value is -2.24. The Balaban J connectivity index is 2.31. The summed E-state index contributed by atoms with van der Waals surface area (Å²) in [6.45, 7) is 0.401. The van der Waals surface area contributed by atoms with Gasteiger partial charge in [0.25, 0.3) is 0 Å². The van der Waals surface area contributed by atoms with Crippen molar-refractivity contribution in [2.45, 2.75) is 6.54 Å². The minimum Gasteiger partial charge on any atom is -0.384 e. The molecule has 0 unspecified atom stereocenters. The summed E-state index contributed by atoms with van der Waals surface area (Å²) in [7, 11) is 0. The molecule has 2 aromatic rings.